The van der Waals surface area contributed by atoms with Gasteiger partial charge in [0, 0.05) is 6.42 Å². The number of phenolic OH excluding ortho intramolecular Hbond substituents is 1. The van der Waals surface area contributed by atoms with Crippen LogP contribution in [0, 0.1) is 0 Å². The molecule has 16 heavy (non-hydrogen) atoms. The molecule has 0 heterocycles. The Kier molecular flexibility index (Phi) is 3.63. The number of rotatable bonds is 4. The zero-order valence-electron chi connectivity index (χ0n) is 8.67. The van der Waals surface area contributed by atoms with Crippen molar-refractivity contribution in [3.05, 3.63) is 29.3 Å². The van der Waals surface area contributed by atoms with Gasteiger partial charge in [0.05, 0.1) is 5.56 Å². The molecule has 1 atom stereocenters. The topological polar surface area (TPSA) is 94.8 Å². The molecular formula is C11H12O5. The van der Waals surface area contributed by atoms with E-state index in [0.717, 1.165) is 0 Å². The lowest BCUT2D eigenvalue weighted by atomic mass is 10.0. The van der Waals surface area contributed by atoms with Crippen LogP contribution in [-0.2, 0) is 11.2 Å². The fourth-order valence-corrected chi connectivity index (χ4v) is 1.30. The van der Waals surface area contributed by atoms with Gasteiger partial charge in [0.25, 0.3) is 0 Å². The molecule has 86 valence electrons. The van der Waals surface area contributed by atoms with Gasteiger partial charge >= 0.3 is 5.97 Å². The highest BCUT2D eigenvalue weighted by Gasteiger charge is 2.15. The first-order valence-corrected chi connectivity index (χ1v) is 4.65. The lowest BCUT2D eigenvalue weighted by Crippen LogP contribution is -2.22. The third-order valence-electron chi connectivity index (χ3n) is 2.15. The SMILES string of the molecule is CC(=O)c1cc(C[C@H](O)C(=O)O)ccc1O. The Hall–Kier alpha value is -1.88. The van der Waals surface area contributed by atoms with E-state index in [1.807, 2.05) is 0 Å². The minimum absolute atomic E-state index is 0.101. The van der Waals surface area contributed by atoms with Gasteiger partial charge in [0.15, 0.2) is 11.9 Å². The van der Waals surface area contributed by atoms with Crippen LogP contribution in [0.1, 0.15) is 22.8 Å². The molecule has 0 radical (unpaired) electrons. The Bertz CT molecular complexity index is 424. The summed E-state index contributed by atoms with van der Waals surface area (Å²) in [5, 5.41) is 27.0. The van der Waals surface area contributed by atoms with Crippen LogP contribution in [-0.4, -0.2) is 33.2 Å². The molecule has 0 saturated carbocycles. The van der Waals surface area contributed by atoms with E-state index in [1.54, 1.807) is 0 Å². The van der Waals surface area contributed by atoms with E-state index in [4.69, 9.17) is 10.2 Å². The number of hydrogen-bond acceptors (Lipinski definition) is 4. The van der Waals surface area contributed by atoms with Crippen LogP contribution >= 0.6 is 0 Å². The Morgan fingerprint density at radius 1 is 1.38 bits per heavy atom. The van der Waals surface area contributed by atoms with Crippen molar-refractivity contribution in [1.29, 1.82) is 0 Å². The lowest BCUT2D eigenvalue weighted by Gasteiger charge is -2.07. The largest absolute Gasteiger partial charge is 0.507 e. The monoisotopic (exact) mass is 224 g/mol. The van der Waals surface area contributed by atoms with Crippen LogP contribution in [0.3, 0.4) is 0 Å². The molecule has 0 bridgehead atoms. The van der Waals surface area contributed by atoms with Crippen molar-refractivity contribution in [3.63, 3.8) is 0 Å². The second-order valence-electron chi connectivity index (χ2n) is 3.47. The first kappa shape index (κ1) is 12.2. The van der Waals surface area contributed by atoms with Crippen molar-refractivity contribution in [3.8, 4) is 5.75 Å². The van der Waals surface area contributed by atoms with Crippen molar-refractivity contribution >= 4 is 11.8 Å². The number of benzene rings is 1. The maximum Gasteiger partial charge on any atom is 0.332 e. The normalized spacial score (nSPS) is 12.1. The van der Waals surface area contributed by atoms with E-state index in [0.29, 0.717) is 5.56 Å². The van der Waals surface area contributed by atoms with Crippen LogP contribution < -0.4 is 0 Å². The van der Waals surface area contributed by atoms with Gasteiger partial charge < -0.3 is 15.3 Å². The number of carboxylic acids is 1. The number of aliphatic carboxylic acids is 1. The maximum absolute atomic E-state index is 11.1. The number of aliphatic hydroxyl groups is 1. The molecule has 0 aromatic heterocycles. The summed E-state index contributed by atoms with van der Waals surface area (Å²) < 4.78 is 0. The molecule has 1 rings (SSSR count). The Labute approximate surface area is 92.0 Å². The molecule has 0 unspecified atom stereocenters. The zero-order valence-corrected chi connectivity index (χ0v) is 8.67. The number of phenols is 1. The van der Waals surface area contributed by atoms with E-state index in [2.05, 4.69) is 0 Å². The van der Waals surface area contributed by atoms with E-state index < -0.39 is 12.1 Å². The van der Waals surface area contributed by atoms with Crippen molar-refractivity contribution in [2.75, 3.05) is 0 Å². The average Bonchev–Trinajstić information content (AvgIpc) is 2.20. The highest BCUT2D eigenvalue weighted by Crippen LogP contribution is 2.19. The van der Waals surface area contributed by atoms with E-state index in [-0.39, 0.29) is 23.5 Å². The van der Waals surface area contributed by atoms with Gasteiger partial charge in [-0.05, 0) is 24.6 Å². The summed E-state index contributed by atoms with van der Waals surface area (Å²) in [6.45, 7) is 1.30. The summed E-state index contributed by atoms with van der Waals surface area (Å²) in [7, 11) is 0. The predicted molar refractivity (Wildman–Crippen MR) is 55.5 cm³/mol. The molecule has 0 aliphatic heterocycles. The Balaban J connectivity index is 2.95. The second-order valence-corrected chi connectivity index (χ2v) is 3.47. The molecule has 0 aliphatic carbocycles. The number of carbonyl (C=O) groups excluding carboxylic acids is 1. The van der Waals surface area contributed by atoms with Crippen molar-refractivity contribution in [1.82, 2.24) is 0 Å². The number of aromatic hydroxyl groups is 1. The second kappa shape index (κ2) is 4.76. The smallest absolute Gasteiger partial charge is 0.332 e. The van der Waals surface area contributed by atoms with E-state index in [1.165, 1.54) is 25.1 Å². The van der Waals surface area contributed by atoms with Crippen molar-refractivity contribution < 1.29 is 24.9 Å². The third-order valence-corrected chi connectivity index (χ3v) is 2.15. The van der Waals surface area contributed by atoms with Gasteiger partial charge in [-0.1, -0.05) is 6.07 Å². The van der Waals surface area contributed by atoms with Crippen LogP contribution in [0.15, 0.2) is 18.2 Å². The molecule has 3 N–H and O–H groups in total. The highest BCUT2D eigenvalue weighted by atomic mass is 16.4. The maximum atomic E-state index is 11.1. The van der Waals surface area contributed by atoms with Crippen LogP contribution in [0.5, 0.6) is 5.75 Å². The summed E-state index contributed by atoms with van der Waals surface area (Å²) in [5.41, 5.74) is 0.605. The summed E-state index contributed by atoms with van der Waals surface area (Å²) in [5.74, 6) is -1.79. The number of Topliss-reactive ketones (excluding diaryl/α,β-unsaturated/α-hetero) is 1. The predicted octanol–water partition coefficient (Wildman–Crippen LogP) is 0.583. The molecule has 0 aliphatic rings. The third kappa shape index (κ3) is 2.80. The van der Waals surface area contributed by atoms with Gasteiger partial charge in [0.1, 0.15) is 5.75 Å². The average molecular weight is 224 g/mol. The standard InChI is InChI=1S/C11H12O5/c1-6(12)8-4-7(2-3-9(8)13)5-10(14)11(15)16/h2-4,10,13-14H,5H2,1H3,(H,15,16)/t10-/m0/s1. The van der Waals surface area contributed by atoms with Crippen LogP contribution in [0.25, 0.3) is 0 Å². The molecule has 5 nitrogen and oxygen atoms in total. The Morgan fingerprint density at radius 2 is 2.00 bits per heavy atom. The number of carboxylic acid groups (broad SMARTS) is 1. The highest BCUT2D eigenvalue weighted by molar-refractivity contribution is 5.96. The van der Waals surface area contributed by atoms with Gasteiger partial charge in [-0.3, -0.25) is 4.79 Å². The van der Waals surface area contributed by atoms with Gasteiger partial charge in [0.2, 0.25) is 0 Å². The quantitative estimate of drug-likeness (QED) is 0.650. The van der Waals surface area contributed by atoms with Gasteiger partial charge in [-0.15, -0.1) is 0 Å². The fraction of sp³-hybridized carbons (Fsp3) is 0.273. The Morgan fingerprint density at radius 3 is 2.50 bits per heavy atom. The van der Waals surface area contributed by atoms with Crippen molar-refractivity contribution in [2.24, 2.45) is 0 Å². The first-order valence-electron chi connectivity index (χ1n) is 4.65. The number of carbonyl (C=O) groups is 2. The molecule has 0 spiro atoms. The number of ketones is 1. The van der Waals surface area contributed by atoms with Crippen molar-refractivity contribution in [2.45, 2.75) is 19.4 Å². The minimum atomic E-state index is -1.51. The fourth-order valence-electron chi connectivity index (χ4n) is 1.30. The van der Waals surface area contributed by atoms with Crippen LogP contribution in [0.4, 0.5) is 0 Å². The molecular weight excluding hydrogens is 212 g/mol. The molecule has 1 aromatic rings. The molecule has 5 heteroatoms. The number of aliphatic hydroxyl groups excluding tert-OH is 1. The number of hydrogen-bond donors (Lipinski definition) is 3. The van der Waals surface area contributed by atoms with E-state index >= 15 is 0 Å². The molecule has 0 fully saturated rings. The summed E-state index contributed by atoms with van der Waals surface area (Å²) in [4.78, 5) is 21.5. The molecule has 0 saturated heterocycles. The first-order chi connectivity index (χ1) is 7.41. The van der Waals surface area contributed by atoms with E-state index in [9.17, 15) is 14.7 Å². The summed E-state index contributed by atoms with van der Waals surface area (Å²) in [6.07, 6.45) is -1.61. The van der Waals surface area contributed by atoms with Gasteiger partial charge in [-0.25, -0.2) is 4.79 Å². The van der Waals surface area contributed by atoms with Crippen LogP contribution in [0.2, 0.25) is 0 Å². The molecule has 0 amide bonds. The zero-order chi connectivity index (χ0) is 12.3. The lowest BCUT2D eigenvalue weighted by molar-refractivity contribution is -0.146. The minimum Gasteiger partial charge on any atom is -0.507 e. The summed E-state index contributed by atoms with van der Waals surface area (Å²) in [6, 6.07) is 4.15. The molecule has 1 aromatic carbocycles. The summed E-state index contributed by atoms with van der Waals surface area (Å²) >= 11 is 0. The van der Waals surface area contributed by atoms with Gasteiger partial charge in [-0.2, -0.15) is 0 Å².